The van der Waals surface area contributed by atoms with Crippen molar-refractivity contribution in [3.63, 3.8) is 0 Å². The number of phenols is 1. The van der Waals surface area contributed by atoms with Gasteiger partial charge in [-0.3, -0.25) is 9.89 Å². The number of hydrazone groups is 1. The van der Waals surface area contributed by atoms with Gasteiger partial charge in [-0.25, -0.2) is 5.43 Å². The summed E-state index contributed by atoms with van der Waals surface area (Å²) in [5.41, 5.74) is 5.74. The molecule has 138 valence electrons. The minimum Gasteiger partial charge on any atom is -0.508 e. The van der Waals surface area contributed by atoms with E-state index in [1.165, 1.54) is 0 Å². The molecule has 0 unspecified atom stereocenters. The minimum atomic E-state index is -0.390. The number of benzene rings is 3. The molecule has 6 nitrogen and oxygen atoms in total. The van der Waals surface area contributed by atoms with E-state index >= 15 is 0 Å². The molecule has 3 N–H and O–H groups in total. The monoisotopic (exact) mass is 370 g/mol. The van der Waals surface area contributed by atoms with Crippen LogP contribution in [0.25, 0.3) is 22.0 Å². The van der Waals surface area contributed by atoms with E-state index < -0.39 is 0 Å². The molecule has 6 heteroatoms. The molecular formula is C22H18N4O2. The first-order chi connectivity index (χ1) is 13.6. The molecule has 0 atom stereocenters. The Hall–Kier alpha value is -3.93. The third-order valence-corrected chi connectivity index (χ3v) is 4.46. The molecule has 1 aromatic heterocycles. The standard InChI is InChI=1S/C22H18N4O2/c1-14(16-7-4-8-19(27)12-16)23-26-22(28)21-13-20(24-25-21)18-10-9-15-5-2-3-6-17(15)11-18/h2-13,27H,1H3,(H,24,25)(H,26,28)/b23-14-. The smallest absolute Gasteiger partial charge is 0.289 e. The predicted molar refractivity (Wildman–Crippen MR) is 109 cm³/mol. The Morgan fingerprint density at radius 1 is 1.00 bits per heavy atom. The molecule has 3 aromatic carbocycles. The van der Waals surface area contributed by atoms with E-state index in [4.69, 9.17) is 0 Å². The number of aromatic hydroxyl groups is 1. The molecule has 0 aliphatic rings. The van der Waals surface area contributed by atoms with Gasteiger partial charge in [0.25, 0.3) is 5.91 Å². The van der Waals surface area contributed by atoms with E-state index in [-0.39, 0.29) is 11.7 Å². The fourth-order valence-corrected chi connectivity index (χ4v) is 2.92. The fraction of sp³-hybridized carbons (Fsp3) is 0.0455. The zero-order valence-electron chi connectivity index (χ0n) is 15.2. The average Bonchev–Trinajstić information content (AvgIpc) is 3.22. The zero-order chi connectivity index (χ0) is 19.5. The van der Waals surface area contributed by atoms with Gasteiger partial charge in [-0.15, -0.1) is 0 Å². The zero-order valence-corrected chi connectivity index (χ0v) is 15.2. The van der Waals surface area contributed by atoms with Gasteiger partial charge in [0.15, 0.2) is 0 Å². The average molecular weight is 370 g/mol. The number of nitrogens with zero attached hydrogens (tertiary/aromatic N) is 2. The molecule has 4 aromatic rings. The summed E-state index contributed by atoms with van der Waals surface area (Å²) in [5.74, 6) is -0.244. The summed E-state index contributed by atoms with van der Waals surface area (Å²) in [6, 6.07) is 22.5. The second-order valence-electron chi connectivity index (χ2n) is 6.42. The number of hydrogen-bond donors (Lipinski definition) is 3. The van der Waals surface area contributed by atoms with Crippen molar-refractivity contribution in [1.29, 1.82) is 0 Å². The lowest BCUT2D eigenvalue weighted by atomic mass is 10.1. The van der Waals surface area contributed by atoms with Crippen molar-refractivity contribution in [3.8, 4) is 17.0 Å². The molecule has 1 heterocycles. The predicted octanol–water partition coefficient (Wildman–Crippen LogP) is 4.09. The van der Waals surface area contributed by atoms with Crippen molar-refractivity contribution >= 4 is 22.4 Å². The summed E-state index contributed by atoms with van der Waals surface area (Å²) < 4.78 is 0. The maximum absolute atomic E-state index is 12.4. The Bertz CT molecular complexity index is 1190. The first-order valence-corrected chi connectivity index (χ1v) is 8.79. The lowest BCUT2D eigenvalue weighted by Crippen LogP contribution is -2.19. The van der Waals surface area contributed by atoms with Gasteiger partial charge in [-0.1, -0.05) is 48.5 Å². The van der Waals surface area contributed by atoms with Crippen LogP contribution in [0.4, 0.5) is 0 Å². The number of hydrogen-bond acceptors (Lipinski definition) is 4. The molecule has 0 bridgehead atoms. The number of carbonyl (C=O) groups excluding carboxylic acids is 1. The van der Waals surface area contributed by atoms with Crippen molar-refractivity contribution in [3.05, 3.63) is 84.1 Å². The van der Waals surface area contributed by atoms with Crippen LogP contribution in [0, 0.1) is 0 Å². The largest absolute Gasteiger partial charge is 0.508 e. The van der Waals surface area contributed by atoms with Gasteiger partial charge in [0.05, 0.1) is 11.4 Å². The fourth-order valence-electron chi connectivity index (χ4n) is 2.92. The third-order valence-electron chi connectivity index (χ3n) is 4.46. The maximum Gasteiger partial charge on any atom is 0.289 e. The third kappa shape index (κ3) is 3.61. The SMILES string of the molecule is C/C(=N/NC(=O)c1cc(-c2ccc3ccccc3c2)n[nH]1)c1cccc(O)c1. The van der Waals surface area contributed by atoms with Crippen molar-refractivity contribution in [1.82, 2.24) is 15.6 Å². The second-order valence-corrected chi connectivity index (χ2v) is 6.42. The molecule has 0 radical (unpaired) electrons. The van der Waals surface area contributed by atoms with Gasteiger partial charge < -0.3 is 5.11 Å². The quantitative estimate of drug-likeness (QED) is 0.373. The Morgan fingerprint density at radius 3 is 2.64 bits per heavy atom. The first kappa shape index (κ1) is 17.5. The Balaban J connectivity index is 1.51. The summed E-state index contributed by atoms with van der Waals surface area (Å²) in [7, 11) is 0. The number of aromatic amines is 1. The topological polar surface area (TPSA) is 90.4 Å². The molecule has 4 rings (SSSR count). The molecule has 28 heavy (non-hydrogen) atoms. The highest BCUT2D eigenvalue weighted by Crippen LogP contribution is 2.23. The number of fused-ring (bicyclic) bond motifs is 1. The van der Waals surface area contributed by atoms with E-state index in [2.05, 4.69) is 26.8 Å². The molecule has 0 aliphatic heterocycles. The normalized spacial score (nSPS) is 11.5. The van der Waals surface area contributed by atoms with E-state index in [0.29, 0.717) is 17.1 Å². The summed E-state index contributed by atoms with van der Waals surface area (Å²) in [5, 5.41) is 22.9. The van der Waals surface area contributed by atoms with Crippen LogP contribution in [-0.4, -0.2) is 26.9 Å². The second kappa shape index (κ2) is 7.36. The van der Waals surface area contributed by atoms with E-state index in [1.807, 2.05) is 36.4 Å². The van der Waals surface area contributed by atoms with Crippen molar-refractivity contribution in [2.24, 2.45) is 5.10 Å². The number of rotatable bonds is 4. The number of nitrogens with one attached hydrogen (secondary N) is 2. The van der Waals surface area contributed by atoms with Gasteiger partial charge in [0, 0.05) is 11.1 Å². The Kier molecular flexibility index (Phi) is 4.60. The maximum atomic E-state index is 12.4. The molecule has 0 spiro atoms. The first-order valence-electron chi connectivity index (χ1n) is 8.79. The van der Waals surface area contributed by atoms with Crippen molar-refractivity contribution in [2.75, 3.05) is 0 Å². The Labute approximate surface area is 161 Å². The van der Waals surface area contributed by atoms with E-state index in [9.17, 15) is 9.90 Å². The van der Waals surface area contributed by atoms with E-state index in [0.717, 1.165) is 21.9 Å². The van der Waals surface area contributed by atoms with Crippen LogP contribution in [0.2, 0.25) is 0 Å². The van der Waals surface area contributed by atoms with Gasteiger partial charge in [0.1, 0.15) is 11.4 Å². The number of aromatic nitrogens is 2. The van der Waals surface area contributed by atoms with Gasteiger partial charge >= 0.3 is 0 Å². The van der Waals surface area contributed by atoms with Gasteiger partial charge in [-0.2, -0.15) is 10.2 Å². The highest BCUT2D eigenvalue weighted by atomic mass is 16.3. The highest BCUT2D eigenvalue weighted by Gasteiger charge is 2.11. The summed E-state index contributed by atoms with van der Waals surface area (Å²) >= 11 is 0. The molecule has 1 amide bonds. The van der Waals surface area contributed by atoms with Crippen molar-refractivity contribution < 1.29 is 9.90 Å². The van der Waals surface area contributed by atoms with Crippen LogP contribution >= 0.6 is 0 Å². The Morgan fingerprint density at radius 2 is 1.82 bits per heavy atom. The van der Waals surface area contributed by atoms with Gasteiger partial charge in [-0.05, 0) is 42.0 Å². The molecular weight excluding hydrogens is 352 g/mol. The van der Waals surface area contributed by atoms with Crippen LogP contribution in [-0.2, 0) is 0 Å². The van der Waals surface area contributed by atoms with Crippen LogP contribution < -0.4 is 5.43 Å². The molecule has 0 fully saturated rings. The lowest BCUT2D eigenvalue weighted by molar-refractivity contribution is 0.0950. The summed E-state index contributed by atoms with van der Waals surface area (Å²) in [6.45, 7) is 1.75. The molecule has 0 saturated heterocycles. The number of amides is 1. The van der Waals surface area contributed by atoms with Crippen LogP contribution in [0.5, 0.6) is 5.75 Å². The van der Waals surface area contributed by atoms with Gasteiger partial charge in [0.2, 0.25) is 0 Å². The van der Waals surface area contributed by atoms with Crippen LogP contribution in [0.1, 0.15) is 23.0 Å². The summed E-state index contributed by atoms with van der Waals surface area (Å²) in [6.07, 6.45) is 0. The number of H-pyrrole nitrogens is 1. The minimum absolute atomic E-state index is 0.145. The van der Waals surface area contributed by atoms with Crippen LogP contribution in [0.15, 0.2) is 77.9 Å². The molecule has 0 saturated carbocycles. The molecule has 0 aliphatic carbocycles. The number of phenolic OH excluding ortho intramolecular Hbond substituents is 1. The highest BCUT2D eigenvalue weighted by molar-refractivity contribution is 6.01. The summed E-state index contributed by atoms with van der Waals surface area (Å²) in [4.78, 5) is 12.4. The van der Waals surface area contributed by atoms with E-state index in [1.54, 1.807) is 37.3 Å². The van der Waals surface area contributed by atoms with Crippen LogP contribution in [0.3, 0.4) is 0 Å². The van der Waals surface area contributed by atoms with Crippen molar-refractivity contribution in [2.45, 2.75) is 6.92 Å². The lowest BCUT2D eigenvalue weighted by Gasteiger charge is -2.02. The number of carbonyl (C=O) groups is 1.